The van der Waals surface area contributed by atoms with E-state index in [0.29, 0.717) is 18.0 Å². The highest BCUT2D eigenvalue weighted by atomic mass is 16.5. The SMILES string of the molecule is COc1ccc(C(C)C)cc1CNC1CCCNC1c1ccccc1. The minimum atomic E-state index is 0.370. The van der Waals surface area contributed by atoms with Crippen LogP contribution in [0.15, 0.2) is 48.5 Å². The van der Waals surface area contributed by atoms with E-state index in [4.69, 9.17) is 4.74 Å². The third-order valence-electron chi connectivity index (χ3n) is 5.14. The lowest BCUT2D eigenvalue weighted by molar-refractivity contribution is 0.303. The molecule has 2 atom stereocenters. The molecule has 0 spiro atoms. The van der Waals surface area contributed by atoms with Crippen molar-refractivity contribution in [3.8, 4) is 5.75 Å². The summed E-state index contributed by atoms with van der Waals surface area (Å²) in [5, 5.41) is 7.47. The molecule has 3 rings (SSSR count). The zero-order valence-corrected chi connectivity index (χ0v) is 15.6. The third-order valence-corrected chi connectivity index (χ3v) is 5.14. The van der Waals surface area contributed by atoms with Gasteiger partial charge < -0.3 is 15.4 Å². The van der Waals surface area contributed by atoms with Crippen LogP contribution in [0.2, 0.25) is 0 Å². The van der Waals surface area contributed by atoms with Gasteiger partial charge in [0.1, 0.15) is 5.75 Å². The van der Waals surface area contributed by atoms with Gasteiger partial charge in [0.25, 0.3) is 0 Å². The second-order valence-electron chi connectivity index (χ2n) is 7.20. The van der Waals surface area contributed by atoms with E-state index >= 15 is 0 Å². The summed E-state index contributed by atoms with van der Waals surface area (Å²) < 4.78 is 5.58. The molecule has 0 bridgehead atoms. The quantitative estimate of drug-likeness (QED) is 0.819. The zero-order chi connectivity index (χ0) is 17.6. The number of nitrogens with one attached hydrogen (secondary N) is 2. The molecule has 0 aliphatic carbocycles. The molecule has 1 heterocycles. The Labute approximate surface area is 151 Å². The van der Waals surface area contributed by atoms with Gasteiger partial charge in [-0.1, -0.05) is 56.3 Å². The van der Waals surface area contributed by atoms with E-state index in [1.165, 1.54) is 29.5 Å². The fourth-order valence-corrected chi connectivity index (χ4v) is 3.66. The van der Waals surface area contributed by atoms with Gasteiger partial charge in [-0.05, 0) is 42.5 Å². The van der Waals surface area contributed by atoms with Gasteiger partial charge in [0.15, 0.2) is 0 Å². The second kappa shape index (κ2) is 8.50. The summed E-state index contributed by atoms with van der Waals surface area (Å²) in [6.45, 7) is 6.38. The average Bonchev–Trinajstić information content (AvgIpc) is 2.67. The number of benzene rings is 2. The Bertz CT molecular complexity index is 669. The standard InChI is InChI=1S/C22H30N2O/c1-16(2)18-11-12-21(25-3)19(14-18)15-24-20-10-7-13-23-22(20)17-8-5-4-6-9-17/h4-6,8-9,11-12,14,16,20,22-24H,7,10,13,15H2,1-3H3. The second-order valence-corrected chi connectivity index (χ2v) is 7.20. The van der Waals surface area contributed by atoms with Gasteiger partial charge in [-0.15, -0.1) is 0 Å². The molecule has 1 fully saturated rings. The molecule has 25 heavy (non-hydrogen) atoms. The Morgan fingerprint density at radius 2 is 1.96 bits per heavy atom. The van der Waals surface area contributed by atoms with Crippen LogP contribution < -0.4 is 15.4 Å². The van der Waals surface area contributed by atoms with Crippen molar-refractivity contribution in [1.82, 2.24) is 10.6 Å². The van der Waals surface area contributed by atoms with Crippen LogP contribution in [0.1, 0.15) is 55.3 Å². The predicted molar refractivity (Wildman–Crippen MR) is 104 cm³/mol. The van der Waals surface area contributed by atoms with Gasteiger partial charge in [0, 0.05) is 24.2 Å². The summed E-state index contributed by atoms with van der Waals surface area (Å²) >= 11 is 0. The molecule has 2 aromatic carbocycles. The summed E-state index contributed by atoms with van der Waals surface area (Å²) in [6.07, 6.45) is 2.41. The van der Waals surface area contributed by atoms with Crippen molar-refractivity contribution >= 4 is 0 Å². The van der Waals surface area contributed by atoms with Crippen molar-refractivity contribution in [2.75, 3.05) is 13.7 Å². The number of ether oxygens (including phenoxy) is 1. The summed E-state index contributed by atoms with van der Waals surface area (Å²) in [5.74, 6) is 1.50. The number of hydrogen-bond donors (Lipinski definition) is 2. The minimum absolute atomic E-state index is 0.370. The van der Waals surface area contributed by atoms with E-state index in [1.807, 2.05) is 0 Å². The molecular weight excluding hydrogens is 308 g/mol. The molecule has 2 aromatic rings. The molecule has 3 heteroatoms. The van der Waals surface area contributed by atoms with E-state index in [0.717, 1.165) is 18.8 Å². The summed E-state index contributed by atoms with van der Waals surface area (Å²) in [5.41, 5.74) is 3.97. The van der Waals surface area contributed by atoms with Crippen LogP contribution in [0.4, 0.5) is 0 Å². The van der Waals surface area contributed by atoms with Crippen molar-refractivity contribution in [2.24, 2.45) is 0 Å². The van der Waals surface area contributed by atoms with Gasteiger partial charge in [0.2, 0.25) is 0 Å². The van der Waals surface area contributed by atoms with Crippen LogP contribution in [-0.2, 0) is 6.54 Å². The summed E-state index contributed by atoms with van der Waals surface area (Å²) in [7, 11) is 1.75. The third kappa shape index (κ3) is 4.42. The highest BCUT2D eigenvalue weighted by Gasteiger charge is 2.25. The molecule has 0 amide bonds. The zero-order valence-electron chi connectivity index (χ0n) is 15.6. The maximum atomic E-state index is 5.58. The molecular formula is C22H30N2O. The smallest absolute Gasteiger partial charge is 0.123 e. The molecule has 2 unspecified atom stereocenters. The first kappa shape index (κ1) is 18.0. The Kier molecular flexibility index (Phi) is 6.11. The number of rotatable bonds is 6. The van der Waals surface area contributed by atoms with Crippen LogP contribution in [0, 0.1) is 0 Å². The molecule has 2 N–H and O–H groups in total. The lowest BCUT2D eigenvalue weighted by Gasteiger charge is -2.34. The number of hydrogen-bond acceptors (Lipinski definition) is 3. The monoisotopic (exact) mass is 338 g/mol. The fraction of sp³-hybridized carbons (Fsp3) is 0.455. The van der Waals surface area contributed by atoms with Crippen molar-refractivity contribution in [1.29, 1.82) is 0 Å². The van der Waals surface area contributed by atoms with E-state index in [2.05, 4.69) is 73.0 Å². The first-order valence-corrected chi connectivity index (χ1v) is 9.37. The van der Waals surface area contributed by atoms with Gasteiger partial charge in [-0.3, -0.25) is 0 Å². The van der Waals surface area contributed by atoms with Crippen molar-refractivity contribution in [2.45, 2.75) is 51.2 Å². The molecule has 1 aliphatic rings. The van der Waals surface area contributed by atoms with E-state index < -0.39 is 0 Å². The van der Waals surface area contributed by atoms with Gasteiger partial charge in [-0.2, -0.15) is 0 Å². The molecule has 1 aliphatic heterocycles. The average molecular weight is 338 g/mol. The molecule has 1 saturated heterocycles. The van der Waals surface area contributed by atoms with Crippen LogP contribution in [0.25, 0.3) is 0 Å². The first-order chi connectivity index (χ1) is 12.2. The van der Waals surface area contributed by atoms with E-state index in [-0.39, 0.29) is 0 Å². The maximum Gasteiger partial charge on any atom is 0.123 e. The van der Waals surface area contributed by atoms with Gasteiger partial charge in [0.05, 0.1) is 7.11 Å². The fourth-order valence-electron chi connectivity index (χ4n) is 3.66. The molecule has 0 aromatic heterocycles. The van der Waals surface area contributed by atoms with E-state index in [9.17, 15) is 0 Å². The van der Waals surface area contributed by atoms with Crippen LogP contribution in [-0.4, -0.2) is 19.7 Å². The number of piperidine rings is 1. The molecule has 3 nitrogen and oxygen atoms in total. The minimum Gasteiger partial charge on any atom is -0.496 e. The van der Waals surface area contributed by atoms with Gasteiger partial charge >= 0.3 is 0 Å². The lowest BCUT2D eigenvalue weighted by Crippen LogP contribution is -2.45. The Balaban J connectivity index is 1.74. The van der Waals surface area contributed by atoms with Crippen molar-refractivity contribution < 1.29 is 4.74 Å². The molecule has 0 saturated carbocycles. The summed E-state index contributed by atoms with van der Waals surface area (Å²) in [6, 6.07) is 18.1. The maximum absolute atomic E-state index is 5.58. The van der Waals surface area contributed by atoms with E-state index in [1.54, 1.807) is 7.11 Å². The Morgan fingerprint density at radius 1 is 1.16 bits per heavy atom. The molecule has 134 valence electrons. The number of methoxy groups -OCH3 is 1. The Hall–Kier alpha value is -1.84. The van der Waals surface area contributed by atoms with Crippen LogP contribution >= 0.6 is 0 Å². The normalized spacial score (nSPS) is 20.6. The van der Waals surface area contributed by atoms with Crippen molar-refractivity contribution in [3.05, 3.63) is 65.2 Å². The topological polar surface area (TPSA) is 33.3 Å². The largest absolute Gasteiger partial charge is 0.496 e. The predicted octanol–water partition coefficient (Wildman–Crippen LogP) is 4.40. The highest BCUT2D eigenvalue weighted by molar-refractivity contribution is 5.38. The summed E-state index contributed by atoms with van der Waals surface area (Å²) in [4.78, 5) is 0. The van der Waals surface area contributed by atoms with Crippen molar-refractivity contribution in [3.63, 3.8) is 0 Å². The first-order valence-electron chi connectivity index (χ1n) is 9.37. The highest BCUT2D eigenvalue weighted by Crippen LogP contribution is 2.27. The molecule has 0 radical (unpaired) electrons. The lowest BCUT2D eigenvalue weighted by atomic mass is 9.92. The van der Waals surface area contributed by atoms with Gasteiger partial charge in [-0.25, -0.2) is 0 Å². The Morgan fingerprint density at radius 3 is 2.68 bits per heavy atom. The van der Waals surface area contributed by atoms with Crippen LogP contribution in [0.3, 0.4) is 0 Å². The van der Waals surface area contributed by atoms with Crippen LogP contribution in [0.5, 0.6) is 5.75 Å².